The molecule has 0 atom stereocenters. The number of nitrogens with zero attached hydrogens (tertiary/aromatic N) is 2. The number of hydrogen-bond acceptors (Lipinski definition) is 2. The molecule has 1 aliphatic rings. The molecule has 0 radical (unpaired) electrons. The third-order valence-electron chi connectivity index (χ3n) is 4.63. The zero-order valence-corrected chi connectivity index (χ0v) is 15.2. The lowest BCUT2D eigenvalue weighted by Crippen LogP contribution is -2.42. The molecule has 0 amide bonds. The van der Waals surface area contributed by atoms with E-state index in [1.807, 2.05) is 0 Å². The molecular weight excluding hydrogens is 274 g/mol. The molecule has 0 aromatic rings. The highest BCUT2D eigenvalue weighted by Gasteiger charge is 2.20. The number of methoxy groups -OCH3 is 1. The molecule has 0 saturated heterocycles. The number of ether oxygens (including phenoxy) is 1. The molecule has 130 valence electrons. The van der Waals surface area contributed by atoms with Gasteiger partial charge in [0, 0.05) is 40.4 Å². The van der Waals surface area contributed by atoms with Gasteiger partial charge >= 0.3 is 0 Å². The molecule has 0 aromatic carbocycles. The molecule has 1 N–H and O–H groups in total. The summed E-state index contributed by atoms with van der Waals surface area (Å²) in [4.78, 5) is 7.11. The maximum Gasteiger partial charge on any atom is 0.193 e. The largest absolute Gasteiger partial charge is 0.385 e. The summed E-state index contributed by atoms with van der Waals surface area (Å²) in [5.74, 6) is 2.84. The number of nitrogens with one attached hydrogen (secondary N) is 1. The number of unbranched alkanes of at least 4 members (excludes halogenated alkanes) is 2. The van der Waals surface area contributed by atoms with Gasteiger partial charge in [-0.2, -0.15) is 0 Å². The summed E-state index contributed by atoms with van der Waals surface area (Å²) in [6.45, 7) is 8.39. The van der Waals surface area contributed by atoms with Crippen molar-refractivity contribution in [3.8, 4) is 0 Å². The fraction of sp³-hybridized carbons (Fsp3) is 0.944. The second kappa shape index (κ2) is 11.8. The van der Waals surface area contributed by atoms with Crippen LogP contribution in [0.3, 0.4) is 0 Å². The average Bonchev–Trinajstić information content (AvgIpc) is 2.51. The first kappa shape index (κ1) is 19.3. The summed E-state index contributed by atoms with van der Waals surface area (Å²) < 4.78 is 5.08. The summed E-state index contributed by atoms with van der Waals surface area (Å²) in [6, 6.07) is 0. The summed E-state index contributed by atoms with van der Waals surface area (Å²) in [5.41, 5.74) is 0. The molecule has 4 heteroatoms. The molecule has 0 bridgehead atoms. The monoisotopic (exact) mass is 311 g/mol. The van der Waals surface area contributed by atoms with E-state index in [-0.39, 0.29) is 0 Å². The Bertz CT molecular complexity index is 299. The molecule has 0 aliphatic heterocycles. The molecule has 1 fully saturated rings. The molecule has 0 aromatic heterocycles. The fourth-order valence-corrected chi connectivity index (χ4v) is 3.18. The Morgan fingerprint density at radius 3 is 2.55 bits per heavy atom. The van der Waals surface area contributed by atoms with E-state index in [0.717, 1.165) is 56.9 Å². The summed E-state index contributed by atoms with van der Waals surface area (Å²) in [7, 11) is 3.95. The van der Waals surface area contributed by atoms with Crippen molar-refractivity contribution < 1.29 is 4.74 Å². The van der Waals surface area contributed by atoms with Crippen molar-refractivity contribution in [3.05, 3.63) is 0 Å². The van der Waals surface area contributed by atoms with Gasteiger partial charge in [-0.25, -0.2) is 0 Å². The minimum absolute atomic E-state index is 0.840. The van der Waals surface area contributed by atoms with E-state index >= 15 is 0 Å². The Morgan fingerprint density at radius 1 is 1.18 bits per heavy atom. The maximum absolute atomic E-state index is 5.08. The van der Waals surface area contributed by atoms with Crippen LogP contribution in [0.25, 0.3) is 0 Å². The van der Waals surface area contributed by atoms with Gasteiger partial charge < -0.3 is 15.0 Å². The first-order valence-electron chi connectivity index (χ1n) is 9.15. The number of hydrogen-bond donors (Lipinski definition) is 1. The number of guanidine groups is 1. The molecule has 22 heavy (non-hydrogen) atoms. The Labute approximate surface area is 137 Å². The van der Waals surface area contributed by atoms with Gasteiger partial charge in [0.1, 0.15) is 0 Å². The Hall–Kier alpha value is -0.770. The van der Waals surface area contributed by atoms with Crippen LogP contribution < -0.4 is 5.32 Å². The quantitative estimate of drug-likeness (QED) is 0.402. The van der Waals surface area contributed by atoms with Crippen LogP contribution in [0.15, 0.2) is 4.99 Å². The second-order valence-corrected chi connectivity index (χ2v) is 6.80. The van der Waals surface area contributed by atoms with Gasteiger partial charge in [-0.3, -0.25) is 4.99 Å². The van der Waals surface area contributed by atoms with Crippen molar-refractivity contribution in [2.45, 2.75) is 58.8 Å². The predicted octanol–water partition coefficient (Wildman–Crippen LogP) is 3.53. The van der Waals surface area contributed by atoms with Gasteiger partial charge in [0.15, 0.2) is 5.96 Å². The van der Waals surface area contributed by atoms with Gasteiger partial charge in [-0.05, 0) is 50.9 Å². The van der Waals surface area contributed by atoms with Crippen LogP contribution in [-0.2, 0) is 4.74 Å². The second-order valence-electron chi connectivity index (χ2n) is 6.80. The molecule has 4 nitrogen and oxygen atoms in total. The van der Waals surface area contributed by atoms with E-state index in [9.17, 15) is 0 Å². The molecular formula is C18H37N3O. The average molecular weight is 312 g/mol. The smallest absolute Gasteiger partial charge is 0.193 e. The number of rotatable bonds is 9. The molecule has 1 aliphatic carbocycles. The van der Waals surface area contributed by atoms with Crippen LogP contribution in [0.1, 0.15) is 58.8 Å². The highest BCUT2D eigenvalue weighted by atomic mass is 16.5. The van der Waals surface area contributed by atoms with Gasteiger partial charge in [-0.15, -0.1) is 0 Å². The predicted molar refractivity (Wildman–Crippen MR) is 95.5 cm³/mol. The Morgan fingerprint density at radius 2 is 1.91 bits per heavy atom. The van der Waals surface area contributed by atoms with Crippen molar-refractivity contribution in [1.82, 2.24) is 10.2 Å². The summed E-state index contributed by atoms with van der Waals surface area (Å²) in [6.07, 6.45) is 9.02. The van der Waals surface area contributed by atoms with Crippen LogP contribution in [0, 0.1) is 11.8 Å². The summed E-state index contributed by atoms with van der Waals surface area (Å²) >= 11 is 0. The standard InChI is InChI=1S/C18H37N3O/c1-5-19-18(20-13-7-6-8-14-22-4)21(3)15-17-11-9-16(2)10-12-17/h16-17H,5-15H2,1-4H3,(H,19,20). The van der Waals surface area contributed by atoms with Crippen LogP contribution in [0.2, 0.25) is 0 Å². The van der Waals surface area contributed by atoms with Crippen molar-refractivity contribution in [2.24, 2.45) is 16.8 Å². The molecule has 0 unspecified atom stereocenters. The van der Waals surface area contributed by atoms with E-state index in [2.05, 4.69) is 31.1 Å². The highest BCUT2D eigenvalue weighted by molar-refractivity contribution is 5.79. The third-order valence-corrected chi connectivity index (χ3v) is 4.63. The summed E-state index contributed by atoms with van der Waals surface area (Å²) in [5, 5.41) is 3.43. The molecule has 0 spiro atoms. The molecule has 0 heterocycles. The zero-order chi connectivity index (χ0) is 16.2. The number of aliphatic imine (C=N–C) groups is 1. The van der Waals surface area contributed by atoms with E-state index in [1.165, 1.54) is 32.1 Å². The normalized spacial score (nSPS) is 22.6. The fourth-order valence-electron chi connectivity index (χ4n) is 3.18. The van der Waals surface area contributed by atoms with Gasteiger partial charge in [0.25, 0.3) is 0 Å². The van der Waals surface area contributed by atoms with Gasteiger partial charge in [-0.1, -0.05) is 19.8 Å². The van der Waals surface area contributed by atoms with Crippen molar-refractivity contribution >= 4 is 5.96 Å². The van der Waals surface area contributed by atoms with Crippen LogP contribution in [0.5, 0.6) is 0 Å². The van der Waals surface area contributed by atoms with Crippen molar-refractivity contribution in [1.29, 1.82) is 0 Å². The lowest BCUT2D eigenvalue weighted by Gasteiger charge is -2.31. The van der Waals surface area contributed by atoms with Gasteiger partial charge in [0.05, 0.1) is 0 Å². The van der Waals surface area contributed by atoms with Crippen LogP contribution in [-0.4, -0.2) is 51.3 Å². The maximum atomic E-state index is 5.08. The van der Waals surface area contributed by atoms with Crippen LogP contribution in [0.4, 0.5) is 0 Å². The van der Waals surface area contributed by atoms with Gasteiger partial charge in [0.2, 0.25) is 0 Å². The van der Waals surface area contributed by atoms with E-state index in [1.54, 1.807) is 7.11 Å². The topological polar surface area (TPSA) is 36.9 Å². The first-order chi connectivity index (χ1) is 10.7. The zero-order valence-electron chi connectivity index (χ0n) is 15.2. The van der Waals surface area contributed by atoms with Crippen molar-refractivity contribution in [3.63, 3.8) is 0 Å². The van der Waals surface area contributed by atoms with E-state index in [4.69, 9.17) is 9.73 Å². The van der Waals surface area contributed by atoms with E-state index in [0.29, 0.717) is 0 Å². The minimum atomic E-state index is 0.840. The molecule has 1 rings (SSSR count). The third kappa shape index (κ3) is 8.02. The lowest BCUT2D eigenvalue weighted by molar-refractivity contribution is 0.192. The van der Waals surface area contributed by atoms with Crippen molar-refractivity contribution in [2.75, 3.05) is 40.4 Å². The Kier molecular flexibility index (Phi) is 10.3. The van der Waals surface area contributed by atoms with Crippen LogP contribution >= 0.6 is 0 Å². The molecule has 1 saturated carbocycles. The van der Waals surface area contributed by atoms with E-state index < -0.39 is 0 Å². The highest BCUT2D eigenvalue weighted by Crippen LogP contribution is 2.28. The SMILES string of the molecule is CCNC(=NCCCCCOC)N(C)CC1CCC(C)CC1. The minimum Gasteiger partial charge on any atom is -0.385 e. The lowest BCUT2D eigenvalue weighted by atomic mass is 9.83. The first-order valence-corrected chi connectivity index (χ1v) is 9.15. The Balaban J connectivity index is 2.33.